The molecule has 0 aliphatic carbocycles. The van der Waals surface area contributed by atoms with Gasteiger partial charge >= 0.3 is 0 Å². The number of rotatable bonds is 7. The lowest BCUT2D eigenvalue weighted by atomic mass is 10.0. The molecule has 5 rings (SSSR count). The summed E-state index contributed by atoms with van der Waals surface area (Å²) in [4.78, 5) is 30.8. The van der Waals surface area contributed by atoms with Crippen LogP contribution in [0.4, 0.5) is 27.5 Å². The van der Waals surface area contributed by atoms with Crippen LogP contribution in [0.25, 0.3) is 11.1 Å². The Labute approximate surface area is 223 Å². The second-order valence-electron chi connectivity index (χ2n) is 8.49. The maximum Gasteiger partial charge on any atom is 0.288 e. The first-order chi connectivity index (χ1) is 18.5. The molecule has 38 heavy (non-hydrogen) atoms. The van der Waals surface area contributed by atoms with Gasteiger partial charge in [0.25, 0.3) is 5.91 Å². The molecule has 1 aromatic carbocycles. The van der Waals surface area contributed by atoms with Crippen LogP contribution in [0.3, 0.4) is 0 Å². The zero-order chi connectivity index (χ0) is 26.5. The molecule has 1 fully saturated rings. The van der Waals surface area contributed by atoms with E-state index in [2.05, 4.69) is 36.1 Å². The van der Waals surface area contributed by atoms with Gasteiger partial charge in [-0.15, -0.1) is 0 Å². The number of hydrogen-bond donors (Lipinski definition) is 3. The van der Waals surface area contributed by atoms with Gasteiger partial charge in [0.2, 0.25) is 5.95 Å². The molecule has 1 aliphatic rings. The number of anilines is 4. The number of halogens is 2. The summed E-state index contributed by atoms with van der Waals surface area (Å²) in [5.74, 6) is -0.849. The van der Waals surface area contributed by atoms with Crippen molar-refractivity contribution < 1.29 is 13.9 Å². The van der Waals surface area contributed by atoms with Gasteiger partial charge in [-0.05, 0) is 48.4 Å². The highest BCUT2D eigenvalue weighted by Crippen LogP contribution is 2.33. The predicted molar refractivity (Wildman–Crippen MR) is 143 cm³/mol. The van der Waals surface area contributed by atoms with Gasteiger partial charge in [-0.3, -0.25) is 20.6 Å². The van der Waals surface area contributed by atoms with Crippen LogP contribution in [-0.4, -0.2) is 52.1 Å². The van der Waals surface area contributed by atoms with Crippen molar-refractivity contribution in [1.29, 1.82) is 0 Å². The Balaban J connectivity index is 1.22. The highest BCUT2D eigenvalue weighted by Gasteiger charge is 2.18. The summed E-state index contributed by atoms with van der Waals surface area (Å²) in [7, 11) is 0. The average molecular weight is 535 g/mol. The number of pyridine rings is 2. The van der Waals surface area contributed by atoms with E-state index in [1.807, 2.05) is 31.2 Å². The Morgan fingerprint density at radius 3 is 2.63 bits per heavy atom. The summed E-state index contributed by atoms with van der Waals surface area (Å²) in [6.45, 7) is 3.97. The molecule has 0 saturated carbocycles. The lowest BCUT2D eigenvalue weighted by Crippen LogP contribution is -2.38. The van der Waals surface area contributed by atoms with E-state index in [1.54, 1.807) is 29.4 Å². The first kappa shape index (κ1) is 25.3. The minimum Gasteiger partial charge on any atom is -0.378 e. The summed E-state index contributed by atoms with van der Waals surface area (Å²) in [6.07, 6.45) is 6.10. The fraction of sp³-hybridized carbons (Fsp3) is 0.192. The molecule has 3 N–H and O–H groups in total. The molecule has 194 valence electrons. The minimum atomic E-state index is -0.546. The van der Waals surface area contributed by atoms with Crippen LogP contribution >= 0.6 is 11.6 Å². The number of ether oxygens (including phenoxy) is 1. The summed E-state index contributed by atoms with van der Waals surface area (Å²) in [6, 6.07) is 11.0. The molecule has 4 aromatic rings. The molecule has 4 heterocycles. The van der Waals surface area contributed by atoms with E-state index in [0.29, 0.717) is 37.0 Å². The van der Waals surface area contributed by atoms with Crippen LogP contribution < -0.4 is 21.1 Å². The number of aromatic nitrogens is 4. The van der Waals surface area contributed by atoms with Gasteiger partial charge in [0.05, 0.1) is 42.0 Å². The second-order valence-corrected chi connectivity index (χ2v) is 8.90. The van der Waals surface area contributed by atoms with Crippen molar-refractivity contribution in [2.45, 2.75) is 6.92 Å². The maximum absolute atomic E-state index is 14.2. The number of carbonyl (C=O) groups excluding carboxylic acids is 1. The van der Waals surface area contributed by atoms with E-state index in [1.165, 1.54) is 6.20 Å². The molecule has 12 heteroatoms. The fourth-order valence-electron chi connectivity index (χ4n) is 3.94. The fourth-order valence-corrected chi connectivity index (χ4v) is 4.25. The van der Waals surface area contributed by atoms with Crippen LogP contribution in [0.5, 0.6) is 0 Å². The zero-order valence-electron chi connectivity index (χ0n) is 20.4. The highest BCUT2D eigenvalue weighted by molar-refractivity contribution is 6.33. The number of nitrogens with one attached hydrogen (secondary N) is 3. The van der Waals surface area contributed by atoms with Crippen LogP contribution in [-0.2, 0) is 4.74 Å². The normalized spacial score (nSPS) is 13.2. The largest absolute Gasteiger partial charge is 0.378 e. The minimum absolute atomic E-state index is 0.0550. The molecule has 0 spiro atoms. The quantitative estimate of drug-likeness (QED) is 0.297. The van der Waals surface area contributed by atoms with Crippen molar-refractivity contribution in [3.8, 4) is 11.1 Å². The standard InChI is InChI=1S/C26H24ClFN8O2/c1-16-11-18(17-3-2-6-29-13-17)12-20(27)23(16)32-19-4-5-22(30-14-19)25(37)34-35-26-31-15-21(28)24(33-26)36-7-9-38-10-8-36/h2-6,11-15,32H,7-10H2,1H3,(H,34,37)(H,31,33,35). The Morgan fingerprint density at radius 2 is 1.92 bits per heavy atom. The van der Waals surface area contributed by atoms with E-state index >= 15 is 0 Å². The topological polar surface area (TPSA) is 117 Å². The average Bonchev–Trinajstić information content (AvgIpc) is 2.95. The summed E-state index contributed by atoms with van der Waals surface area (Å²) in [5.41, 5.74) is 9.53. The SMILES string of the molecule is Cc1cc(-c2cccnc2)cc(Cl)c1Nc1ccc(C(=O)NNc2ncc(F)c(N3CCOCC3)n2)nc1. The molecule has 10 nitrogen and oxygen atoms in total. The molecule has 3 aromatic heterocycles. The van der Waals surface area contributed by atoms with Crippen molar-refractivity contribution >= 4 is 40.6 Å². The monoisotopic (exact) mass is 534 g/mol. The Bertz CT molecular complexity index is 1410. The second kappa shape index (κ2) is 11.4. The van der Waals surface area contributed by atoms with Crippen molar-refractivity contribution in [3.63, 3.8) is 0 Å². The van der Waals surface area contributed by atoms with Gasteiger partial charge in [0.15, 0.2) is 11.6 Å². The Kier molecular flexibility index (Phi) is 7.57. The Morgan fingerprint density at radius 1 is 1.08 bits per heavy atom. The third-order valence-corrected chi connectivity index (χ3v) is 6.17. The molecule has 0 bridgehead atoms. The summed E-state index contributed by atoms with van der Waals surface area (Å²) < 4.78 is 19.5. The first-order valence-electron chi connectivity index (χ1n) is 11.8. The predicted octanol–water partition coefficient (Wildman–Crippen LogP) is 4.37. The third kappa shape index (κ3) is 5.79. The number of hydrogen-bond acceptors (Lipinski definition) is 9. The molecule has 0 atom stereocenters. The van der Waals surface area contributed by atoms with E-state index in [4.69, 9.17) is 16.3 Å². The number of hydrazine groups is 1. The number of aryl methyl sites for hydroxylation is 1. The van der Waals surface area contributed by atoms with Gasteiger partial charge in [0, 0.05) is 31.0 Å². The number of amides is 1. The molecule has 1 amide bonds. The molecule has 0 unspecified atom stereocenters. The molecule has 1 saturated heterocycles. The lowest BCUT2D eigenvalue weighted by Gasteiger charge is -2.28. The molecular formula is C26H24ClFN8O2. The van der Waals surface area contributed by atoms with Gasteiger partial charge in [0.1, 0.15) is 5.69 Å². The number of morpholine rings is 1. The van der Waals surface area contributed by atoms with Gasteiger partial charge in [-0.1, -0.05) is 17.7 Å². The number of benzene rings is 1. The van der Waals surface area contributed by atoms with Gasteiger partial charge in [-0.2, -0.15) is 4.98 Å². The third-order valence-electron chi connectivity index (χ3n) is 5.87. The van der Waals surface area contributed by atoms with Gasteiger partial charge < -0.3 is 15.0 Å². The smallest absolute Gasteiger partial charge is 0.288 e. The van der Waals surface area contributed by atoms with Crippen LogP contribution in [0.2, 0.25) is 5.02 Å². The van der Waals surface area contributed by atoms with Crippen LogP contribution in [0, 0.1) is 12.7 Å². The zero-order valence-corrected chi connectivity index (χ0v) is 21.2. The molecule has 1 aliphatic heterocycles. The highest BCUT2D eigenvalue weighted by atomic mass is 35.5. The van der Waals surface area contributed by atoms with Crippen molar-refractivity contribution in [2.75, 3.05) is 41.9 Å². The summed E-state index contributed by atoms with van der Waals surface area (Å²) in [5, 5.41) is 3.81. The van der Waals surface area contributed by atoms with E-state index in [-0.39, 0.29) is 17.5 Å². The molecule has 0 radical (unpaired) electrons. The van der Waals surface area contributed by atoms with E-state index in [0.717, 1.165) is 28.6 Å². The number of nitrogens with zero attached hydrogens (tertiary/aromatic N) is 5. The van der Waals surface area contributed by atoms with Gasteiger partial charge in [-0.25, -0.2) is 14.4 Å². The first-order valence-corrected chi connectivity index (χ1v) is 12.2. The molecular weight excluding hydrogens is 511 g/mol. The Hall–Kier alpha value is -4.35. The van der Waals surface area contributed by atoms with E-state index in [9.17, 15) is 9.18 Å². The van der Waals surface area contributed by atoms with Crippen molar-refractivity contribution in [3.05, 3.63) is 83.3 Å². The number of carbonyl (C=O) groups is 1. The van der Waals surface area contributed by atoms with Crippen LogP contribution in [0.1, 0.15) is 16.1 Å². The van der Waals surface area contributed by atoms with E-state index < -0.39 is 11.7 Å². The maximum atomic E-state index is 14.2. The van der Waals surface area contributed by atoms with Crippen molar-refractivity contribution in [1.82, 2.24) is 25.4 Å². The van der Waals surface area contributed by atoms with Crippen molar-refractivity contribution in [2.24, 2.45) is 0 Å². The van der Waals surface area contributed by atoms with Crippen LogP contribution in [0.15, 0.2) is 61.2 Å². The lowest BCUT2D eigenvalue weighted by molar-refractivity contribution is 0.0957. The summed E-state index contributed by atoms with van der Waals surface area (Å²) >= 11 is 6.57.